The fourth-order valence-electron chi connectivity index (χ4n) is 3.53. The number of phenols is 1. The average molecular weight is 356 g/mol. The minimum atomic E-state index is -0.0135. The van der Waals surface area contributed by atoms with E-state index in [0.717, 1.165) is 37.6 Å². The molecule has 0 aromatic heterocycles. The Morgan fingerprint density at radius 2 is 2.12 bits per heavy atom. The molecular formula is C20H28N4O2. The summed E-state index contributed by atoms with van der Waals surface area (Å²) in [5.74, 6) is 1.33. The third-order valence-corrected chi connectivity index (χ3v) is 5.23. The highest BCUT2D eigenvalue weighted by atomic mass is 16.3. The molecule has 0 radical (unpaired) electrons. The molecule has 1 fully saturated rings. The van der Waals surface area contributed by atoms with Crippen LogP contribution in [0.15, 0.2) is 40.9 Å². The van der Waals surface area contributed by atoms with Crippen molar-refractivity contribution in [2.75, 3.05) is 26.2 Å². The van der Waals surface area contributed by atoms with Gasteiger partial charge in [0, 0.05) is 31.2 Å². The largest absolute Gasteiger partial charge is 0.508 e. The smallest absolute Gasteiger partial charge is 0.246 e. The van der Waals surface area contributed by atoms with Gasteiger partial charge in [0.25, 0.3) is 0 Å². The number of aromatic hydroxyl groups is 1. The molecule has 0 spiro atoms. The van der Waals surface area contributed by atoms with Crippen molar-refractivity contribution in [1.29, 1.82) is 0 Å². The van der Waals surface area contributed by atoms with Gasteiger partial charge in [-0.05, 0) is 44.9 Å². The van der Waals surface area contributed by atoms with Crippen LogP contribution in [0.2, 0.25) is 0 Å². The maximum Gasteiger partial charge on any atom is 0.246 e. The molecule has 3 rings (SSSR count). The van der Waals surface area contributed by atoms with E-state index in [1.165, 1.54) is 5.56 Å². The standard InChI is InChI=1S/C20H28N4O2/c1-4-14(2)19(26)21-9-10-23-17(11-16-5-7-18(25)8-6-16)13-24-15(3)12-22-20(23)24/h4-8,15,17,25H,9-13H2,1-3H3,(H,21,26)/b14-4+/t15-,17-/m1/s1. The summed E-state index contributed by atoms with van der Waals surface area (Å²) >= 11 is 0. The first kappa shape index (κ1) is 18.3. The van der Waals surface area contributed by atoms with Crippen LogP contribution in [0.5, 0.6) is 5.75 Å². The number of fused-ring (bicyclic) bond motifs is 1. The van der Waals surface area contributed by atoms with Gasteiger partial charge in [-0.3, -0.25) is 9.79 Å². The van der Waals surface area contributed by atoms with Crippen LogP contribution in [0.1, 0.15) is 26.3 Å². The zero-order valence-corrected chi connectivity index (χ0v) is 15.8. The molecule has 1 aromatic carbocycles. The molecule has 140 valence electrons. The lowest BCUT2D eigenvalue weighted by Gasteiger charge is -2.25. The summed E-state index contributed by atoms with van der Waals surface area (Å²) in [6, 6.07) is 8.16. The number of guanidine groups is 1. The Labute approximate surface area is 155 Å². The van der Waals surface area contributed by atoms with E-state index >= 15 is 0 Å². The van der Waals surface area contributed by atoms with Crippen molar-refractivity contribution in [3.05, 3.63) is 41.5 Å². The van der Waals surface area contributed by atoms with E-state index in [-0.39, 0.29) is 11.7 Å². The van der Waals surface area contributed by atoms with E-state index < -0.39 is 0 Å². The lowest BCUT2D eigenvalue weighted by Crippen LogP contribution is -2.42. The molecule has 2 aliphatic rings. The van der Waals surface area contributed by atoms with Crippen molar-refractivity contribution in [1.82, 2.24) is 15.1 Å². The van der Waals surface area contributed by atoms with Crippen molar-refractivity contribution < 1.29 is 9.90 Å². The second-order valence-electron chi connectivity index (χ2n) is 7.09. The Morgan fingerprint density at radius 3 is 2.81 bits per heavy atom. The zero-order chi connectivity index (χ0) is 18.7. The zero-order valence-electron chi connectivity index (χ0n) is 15.8. The summed E-state index contributed by atoms with van der Waals surface area (Å²) in [5.41, 5.74) is 1.93. The maximum absolute atomic E-state index is 12.0. The predicted octanol–water partition coefficient (Wildman–Crippen LogP) is 1.76. The molecule has 0 bridgehead atoms. The first-order valence-electron chi connectivity index (χ1n) is 9.26. The third-order valence-electron chi connectivity index (χ3n) is 5.23. The molecule has 0 saturated carbocycles. The Kier molecular flexibility index (Phi) is 5.49. The minimum absolute atomic E-state index is 0.0135. The van der Waals surface area contributed by atoms with Gasteiger partial charge < -0.3 is 20.2 Å². The van der Waals surface area contributed by atoms with Gasteiger partial charge in [-0.1, -0.05) is 18.2 Å². The van der Waals surface area contributed by atoms with E-state index in [9.17, 15) is 9.90 Å². The van der Waals surface area contributed by atoms with E-state index in [1.807, 2.05) is 32.1 Å². The molecule has 6 heteroatoms. The Morgan fingerprint density at radius 1 is 1.38 bits per heavy atom. The normalized spacial score (nSPS) is 22.4. The quantitative estimate of drug-likeness (QED) is 0.762. The number of phenolic OH excluding ortho intramolecular Hbond substituents is 1. The molecule has 2 aliphatic heterocycles. The van der Waals surface area contributed by atoms with Crippen LogP contribution in [0.3, 0.4) is 0 Å². The van der Waals surface area contributed by atoms with Gasteiger partial charge in [0.1, 0.15) is 5.75 Å². The Balaban J connectivity index is 1.66. The van der Waals surface area contributed by atoms with Crippen molar-refractivity contribution >= 4 is 11.9 Å². The molecule has 2 heterocycles. The molecular weight excluding hydrogens is 328 g/mol. The molecule has 1 saturated heterocycles. The average Bonchev–Trinajstić information content (AvgIpc) is 3.16. The molecule has 0 aliphatic carbocycles. The highest BCUT2D eigenvalue weighted by Crippen LogP contribution is 2.26. The number of carbonyl (C=O) groups is 1. The van der Waals surface area contributed by atoms with Crippen LogP contribution in [-0.2, 0) is 11.2 Å². The topological polar surface area (TPSA) is 68.2 Å². The molecule has 2 atom stereocenters. The number of hydrogen-bond acceptors (Lipinski definition) is 5. The Bertz CT molecular complexity index is 711. The van der Waals surface area contributed by atoms with Gasteiger partial charge >= 0.3 is 0 Å². The number of carbonyl (C=O) groups excluding carboxylic acids is 1. The lowest BCUT2D eigenvalue weighted by molar-refractivity contribution is -0.117. The molecule has 26 heavy (non-hydrogen) atoms. The molecule has 0 unspecified atom stereocenters. The van der Waals surface area contributed by atoms with Crippen molar-refractivity contribution in [2.45, 2.75) is 39.3 Å². The molecule has 1 amide bonds. The number of hydrogen-bond donors (Lipinski definition) is 2. The van der Waals surface area contributed by atoms with E-state index in [2.05, 4.69) is 22.0 Å². The summed E-state index contributed by atoms with van der Waals surface area (Å²) < 4.78 is 0. The van der Waals surface area contributed by atoms with E-state index in [0.29, 0.717) is 18.6 Å². The highest BCUT2D eigenvalue weighted by Gasteiger charge is 2.40. The summed E-state index contributed by atoms with van der Waals surface area (Å²) in [5, 5.41) is 12.5. The summed E-state index contributed by atoms with van der Waals surface area (Å²) in [6.07, 6.45) is 2.72. The maximum atomic E-state index is 12.0. The van der Waals surface area contributed by atoms with Crippen molar-refractivity contribution in [2.24, 2.45) is 4.99 Å². The Hall–Kier alpha value is -2.50. The summed E-state index contributed by atoms with van der Waals surface area (Å²) in [7, 11) is 0. The molecule has 2 N–H and O–H groups in total. The van der Waals surface area contributed by atoms with Gasteiger partial charge in [-0.25, -0.2) is 0 Å². The second-order valence-corrected chi connectivity index (χ2v) is 7.09. The fraction of sp³-hybridized carbons (Fsp3) is 0.500. The van der Waals surface area contributed by atoms with Gasteiger partial charge in [-0.15, -0.1) is 0 Å². The van der Waals surface area contributed by atoms with Crippen molar-refractivity contribution in [3.63, 3.8) is 0 Å². The minimum Gasteiger partial charge on any atom is -0.508 e. The monoisotopic (exact) mass is 356 g/mol. The number of rotatable bonds is 6. The molecule has 1 aromatic rings. The summed E-state index contributed by atoms with van der Waals surface area (Å²) in [6.45, 7) is 9.02. The summed E-state index contributed by atoms with van der Waals surface area (Å²) in [4.78, 5) is 21.4. The highest BCUT2D eigenvalue weighted by molar-refractivity contribution is 5.92. The van der Waals surface area contributed by atoms with Gasteiger partial charge in [0.2, 0.25) is 5.91 Å². The van der Waals surface area contributed by atoms with E-state index in [4.69, 9.17) is 4.99 Å². The van der Waals surface area contributed by atoms with Crippen LogP contribution < -0.4 is 5.32 Å². The number of nitrogens with one attached hydrogen (secondary N) is 1. The van der Waals surface area contributed by atoms with Crippen LogP contribution in [-0.4, -0.2) is 65.0 Å². The van der Waals surface area contributed by atoms with Crippen LogP contribution in [0, 0.1) is 0 Å². The first-order valence-corrected chi connectivity index (χ1v) is 9.26. The van der Waals surface area contributed by atoms with Crippen LogP contribution in [0.4, 0.5) is 0 Å². The second kappa shape index (κ2) is 7.81. The third kappa shape index (κ3) is 3.84. The van der Waals surface area contributed by atoms with E-state index in [1.54, 1.807) is 12.1 Å². The number of benzene rings is 1. The van der Waals surface area contributed by atoms with Crippen LogP contribution >= 0.6 is 0 Å². The number of aliphatic imine (C=N–C) groups is 1. The molecule has 6 nitrogen and oxygen atoms in total. The number of allylic oxidation sites excluding steroid dienone is 1. The lowest BCUT2D eigenvalue weighted by atomic mass is 10.0. The fourth-order valence-corrected chi connectivity index (χ4v) is 3.53. The predicted molar refractivity (Wildman–Crippen MR) is 103 cm³/mol. The SMILES string of the molecule is C/C=C(\C)C(=O)NCCN1C2=NC[C@@H](C)N2C[C@H]1Cc1ccc(O)cc1. The first-order chi connectivity index (χ1) is 12.5. The van der Waals surface area contributed by atoms with Gasteiger partial charge in [0.15, 0.2) is 5.96 Å². The van der Waals surface area contributed by atoms with Crippen LogP contribution in [0.25, 0.3) is 0 Å². The number of amides is 1. The number of nitrogens with zero attached hydrogens (tertiary/aromatic N) is 3. The van der Waals surface area contributed by atoms with Gasteiger partial charge in [-0.2, -0.15) is 0 Å². The van der Waals surface area contributed by atoms with Crippen molar-refractivity contribution in [3.8, 4) is 5.75 Å². The van der Waals surface area contributed by atoms with Gasteiger partial charge in [0.05, 0.1) is 12.6 Å².